The second kappa shape index (κ2) is 3.07. The van der Waals surface area contributed by atoms with Crippen LogP contribution in [-0.2, 0) is 0 Å². The molecule has 0 amide bonds. The third kappa shape index (κ3) is 1.55. The van der Waals surface area contributed by atoms with Crippen LogP contribution in [-0.4, -0.2) is 20.2 Å². The van der Waals surface area contributed by atoms with Crippen molar-refractivity contribution in [2.75, 3.05) is 5.73 Å². The van der Waals surface area contributed by atoms with Crippen molar-refractivity contribution in [3.8, 4) is 10.7 Å². The normalized spacial score (nSPS) is 10.3. The lowest BCUT2D eigenvalue weighted by molar-refractivity contribution is 1.02. The highest BCUT2D eigenvalue weighted by molar-refractivity contribution is 7.18. The van der Waals surface area contributed by atoms with E-state index in [9.17, 15) is 9.59 Å². The molecular weight excluding hydrogens is 206 g/mol. The van der Waals surface area contributed by atoms with Crippen LogP contribution in [0.25, 0.3) is 10.7 Å². The Balaban J connectivity index is 2.62. The highest BCUT2D eigenvalue weighted by Crippen LogP contribution is 2.20. The third-order valence-corrected chi connectivity index (χ3v) is 2.22. The number of nitrogens with one attached hydrogen (secondary N) is 2. The molecule has 0 saturated carbocycles. The molecule has 72 valence electrons. The summed E-state index contributed by atoms with van der Waals surface area (Å²) in [7, 11) is 0. The molecule has 0 aliphatic carbocycles. The van der Waals surface area contributed by atoms with Gasteiger partial charge in [-0.05, 0) is 0 Å². The van der Waals surface area contributed by atoms with E-state index in [1.54, 1.807) is 0 Å². The molecule has 0 spiro atoms. The summed E-state index contributed by atoms with van der Waals surface area (Å²) >= 11 is 1.09. The van der Waals surface area contributed by atoms with Gasteiger partial charge in [-0.25, -0.2) is 4.79 Å². The van der Waals surface area contributed by atoms with Crippen LogP contribution in [0.2, 0.25) is 0 Å². The molecule has 4 N–H and O–H groups in total. The summed E-state index contributed by atoms with van der Waals surface area (Å²) in [6.45, 7) is 0. The summed E-state index contributed by atoms with van der Waals surface area (Å²) in [6.07, 6.45) is 0. The van der Waals surface area contributed by atoms with Crippen LogP contribution in [0.5, 0.6) is 0 Å². The van der Waals surface area contributed by atoms with Crippen molar-refractivity contribution in [1.29, 1.82) is 0 Å². The molecule has 2 heterocycles. The van der Waals surface area contributed by atoms with Crippen molar-refractivity contribution in [2.24, 2.45) is 0 Å². The molecule has 0 fully saturated rings. The fraction of sp³-hybridized carbons (Fsp3) is 0. The van der Waals surface area contributed by atoms with Gasteiger partial charge in [0.25, 0.3) is 5.56 Å². The lowest BCUT2D eigenvalue weighted by Crippen LogP contribution is -2.21. The molecule has 0 bridgehead atoms. The van der Waals surface area contributed by atoms with Crippen LogP contribution in [0.1, 0.15) is 0 Å². The Morgan fingerprint density at radius 3 is 2.64 bits per heavy atom. The number of anilines is 1. The average Bonchev–Trinajstić information content (AvgIpc) is 2.50. The van der Waals surface area contributed by atoms with Gasteiger partial charge in [-0.15, -0.1) is 10.2 Å². The van der Waals surface area contributed by atoms with Gasteiger partial charge in [0.15, 0.2) is 5.01 Å². The second-order valence-electron chi connectivity index (χ2n) is 2.45. The SMILES string of the molecule is Nc1nnc(-c2cc(=O)[nH]c(=O)[nH]2)s1. The van der Waals surface area contributed by atoms with E-state index in [1.165, 1.54) is 6.07 Å². The van der Waals surface area contributed by atoms with E-state index >= 15 is 0 Å². The Kier molecular flexibility index (Phi) is 1.89. The number of hydrogen-bond donors (Lipinski definition) is 3. The fourth-order valence-corrected chi connectivity index (χ4v) is 1.51. The van der Waals surface area contributed by atoms with Crippen LogP contribution < -0.4 is 17.0 Å². The first kappa shape index (κ1) is 8.63. The number of hydrogen-bond acceptors (Lipinski definition) is 6. The molecule has 0 aromatic carbocycles. The first-order valence-corrected chi connectivity index (χ1v) is 4.40. The van der Waals surface area contributed by atoms with Crippen molar-refractivity contribution in [2.45, 2.75) is 0 Å². The lowest BCUT2D eigenvalue weighted by Gasteiger charge is -1.91. The fourth-order valence-electron chi connectivity index (χ4n) is 0.927. The summed E-state index contributed by atoms with van der Waals surface area (Å²) in [5, 5.41) is 7.94. The van der Waals surface area contributed by atoms with Gasteiger partial charge in [0.2, 0.25) is 5.13 Å². The van der Waals surface area contributed by atoms with Crippen molar-refractivity contribution in [1.82, 2.24) is 20.2 Å². The average molecular weight is 211 g/mol. The number of aromatic nitrogens is 4. The molecule has 0 radical (unpaired) electrons. The molecule has 7 nitrogen and oxygen atoms in total. The summed E-state index contributed by atoms with van der Waals surface area (Å²) in [6, 6.07) is 1.22. The minimum absolute atomic E-state index is 0.279. The van der Waals surface area contributed by atoms with Gasteiger partial charge in [0.05, 0.1) is 5.69 Å². The molecule has 2 aromatic heterocycles. The van der Waals surface area contributed by atoms with Crippen LogP contribution in [0.3, 0.4) is 0 Å². The van der Waals surface area contributed by atoms with Gasteiger partial charge < -0.3 is 10.7 Å². The maximum absolute atomic E-state index is 10.9. The molecule has 2 aromatic rings. The molecule has 0 aliphatic heterocycles. The molecule has 0 saturated heterocycles. The molecule has 0 atom stereocenters. The number of aromatic amines is 2. The molecule has 2 rings (SSSR count). The van der Waals surface area contributed by atoms with Crippen molar-refractivity contribution in [3.05, 3.63) is 26.9 Å². The maximum Gasteiger partial charge on any atom is 0.326 e. The molecule has 0 unspecified atom stereocenters. The zero-order valence-corrected chi connectivity index (χ0v) is 7.59. The van der Waals surface area contributed by atoms with Crippen LogP contribution in [0.15, 0.2) is 15.7 Å². The Labute approximate surface area is 80.6 Å². The first-order chi connectivity index (χ1) is 6.65. The highest BCUT2D eigenvalue weighted by Gasteiger charge is 2.05. The third-order valence-electron chi connectivity index (χ3n) is 1.43. The van der Waals surface area contributed by atoms with Crippen LogP contribution in [0, 0.1) is 0 Å². The topological polar surface area (TPSA) is 118 Å². The van der Waals surface area contributed by atoms with Gasteiger partial charge in [-0.2, -0.15) is 0 Å². The summed E-state index contributed by atoms with van der Waals surface area (Å²) < 4.78 is 0. The Bertz CT molecular complexity index is 540. The Morgan fingerprint density at radius 1 is 1.29 bits per heavy atom. The standard InChI is InChI=1S/C6H5N5O2S/c7-5-11-10-4(14-5)2-1-3(12)9-6(13)8-2/h1H,(H2,7,11)(H2,8,9,12,13). The van der Waals surface area contributed by atoms with Gasteiger partial charge in [-0.1, -0.05) is 11.3 Å². The number of H-pyrrole nitrogens is 2. The smallest absolute Gasteiger partial charge is 0.326 e. The van der Waals surface area contributed by atoms with E-state index < -0.39 is 11.2 Å². The number of nitrogen functional groups attached to an aromatic ring is 1. The number of nitrogens with zero attached hydrogens (tertiary/aromatic N) is 2. The van der Waals surface area contributed by atoms with E-state index in [0.29, 0.717) is 10.7 Å². The highest BCUT2D eigenvalue weighted by atomic mass is 32.1. The minimum atomic E-state index is -0.582. The minimum Gasteiger partial charge on any atom is -0.374 e. The number of rotatable bonds is 1. The lowest BCUT2D eigenvalue weighted by atomic mass is 10.4. The van der Waals surface area contributed by atoms with Gasteiger partial charge in [0, 0.05) is 6.07 Å². The molecular formula is C6H5N5O2S. The maximum atomic E-state index is 10.9. The van der Waals surface area contributed by atoms with E-state index in [1.807, 2.05) is 4.98 Å². The quantitative estimate of drug-likeness (QED) is 0.568. The number of nitrogens with two attached hydrogens (primary N) is 1. The van der Waals surface area contributed by atoms with Gasteiger partial charge >= 0.3 is 5.69 Å². The van der Waals surface area contributed by atoms with E-state index in [-0.39, 0.29) is 5.13 Å². The Hall–Kier alpha value is -1.96. The zero-order chi connectivity index (χ0) is 10.1. The van der Waals surface area contributed by atoms with Crippen LogP contribution in [0.4, 0.5) is 5.13 Å². The van der Waals surface area contributed by atoms with E-state index in [0.717, 1.165) is 11.3 Å². The van der Waals surface area contributed by atoms with Crippen molar-refractivity contribution >= 4 is 16.5 Å². The van der Waals surface area contributed by atoms with Crippen molar-refractivity contribution in [3.63, 3.8) is 0 Å². The largest absolute Gasteiger partial charge is 0.374 e. The van der Waals surface area contributed by atoms with Gasteiger partial charge in [-0.3, -0.25) is 9.78 Å². The van der Waals surface area contributed by atoms with Crippen LogP contribution >= 0.6 is 11.3 Å². The predicted octanol–water partition coefficient (Wildman–Crippen LogP) is -0.836. The summed E-state index contributed by atoms with van der Waals surface area (Å²) in [5.41, 5.74) is 4.60. The summed E-state index contributed by atoms with van der Waals surface area (Å²) in [5.74, 6) is 0. The Morgan fingerprint density at radius 2 is 2.07 bits per heavy atom. The van der Waals surface area contributed by atoms with E-state index in [2.05, 4.69) is 15.2 Å². The van der Waals surface area contributed by atoms with E-state index in [4.69, 9.17) is 5.73 Å². The van der Waals surface area contributed by atoms with Crippen molar-refractivity contribution < 1.29 is 0 Å². The molecule has 0 aliphatic rings. The van der Waals surface area contributed by atoms with Gasteiger partial charge in [0.1, 0.15) is 0 Å². The zero-order valence-electron chi connectivity index (χ0n) is 6.77. The molecule has 8 heteroatoms. The molecule has 14 heavy (non-hydrogen) atoms. The predicted molar refractivity (Wildman–Crippen MR) is 51.0 cm³/mol. The second-order valence-corrected chi connectivity index (χ2v) is 3.46. The monoisotopic (exact) mass is 211 g/mol. The summed E-state index contributed by atoms with van der Waals surface area (Å²) in [4.78, 5) is 26.3. The first-order valence-electron chi connectivity index (χ1n) is 3.58.